The number of carbonyl (C=O) groups is 1. The lowest BCUT2D eigenvalue weighted by Gasteiger charge is -2.07. The van der Waals surface area contributed by atoms with Crippen molar-refractivity contribution in [1.82, 2.24) is 0 Å². The number of carboxylic acid groups (broad SMARTS) is 1. The summed E-state index contributed by atoms with van der Waals surface area (Å²) in [5.41, 5.74) is 0. The molecule has 2 saturated heterocycles. The number of rotatable bonds is 0. The number of fused-ring (bicyclic) bond motifs is 1. The SMILES string of the molecule is C=C.CC(=O)O.C[C@H]1CO[C@H]2OCC[C@H]21. The van der Waals surface area contributed by atoms with E-state index < -0.39 is 5.97 Å². The highest BCUT2D eigenvalue weighted by Crippen LogP contribution is 2.34. The number of carboxylic acids is 1. The lowest BCUT2D eigenvalue weighted by molar-refractivity contribution is -0.134. The molecule has 0 aromatic heterocycles. The molecule has 0 aromatic rings. The molecule has 0 aromatic carbocycles. The largest absolute Gasteiger partial charge is 0.481 e. The predicted octanol–water partition coefficient (Wildman–Crippen LogP) is 1.91. The van der Waals surface area contributed by atoms with Gasteiger partial charge < -0.3 is 14.6 Å². The molecule has 15 heavy (non-hydrogen) atoms. The van der Waals surface area contributed by atoms with Gasteiger partial charge in [0.2, 0.25) is 0 Å². The first-order chi connectivity index (χ1) is 7.11. The Morgan fingerprint density at radius 3 is 2.40 bits per heavy atom. The summed E-state index contributed by atoms with van der Waals surface area (Å²) in [6, 6.07) is 0. The maximum atomic E-state index is 9.00. The van der Waals surface area contributed by atoms with E-state index in [0.717, 1.165) is 26.1 Å². The van der Waals surface area contributed by atoms with Crippen LogP contribution in [0.1, 0.15) is 20.3 Å². The summed E-state index contributed by atoms with van der Waals surface area (Å²) in [6.07, 6.45) is 1.35. The van der Waals surface area contributed by atoms with E-state index >= 15 is 0 Å². The van der Waals surface area contributed by atoms with Crippen molar-refractivity contribution in [2.75, 3.05) is 13.2 Å². The molecular weight excluding hydrogens is 196 g/mol. The topological polar surface area (TPSA) is 55.8 Å². The lowest BCUT2D eigenvalue weighted by atomic mass is 9.96. The van der Waals surface area contributed by atoms with Crippen molar-refractivity contribution in [2.45, 2.75) is 26.6 Å². The Balaban J connectivity index is 0.000000282. The van der Waals surface area contributed by atoms with E-state index in [1.165, 1.54) is 6.42 Å². The third-order valence-electron chi connectivity index (χ3n) is 2.34. The van der Waals surface area contributed by atoms with Crippen LogP contribution in [0.15, 0.2) is 13.2 Å². The number of aliphatic carboxylic acids is 1. The Morgan fingerprint density at radius 2 is 1.93 bits per heavy atom. The van der Waals surface area contributed by atoms with Crippen molar-refractivity contribution in [1.29, 1.82) is 0 Å². The molecule has 4 nitrogen and oxygen atoms in total. The quantitative estimate of drug-likeness (QED) is 0.628. The molecule has 4 heteroatoms. The van der Waals surface area contributed by atoms with Gasteiger partial charge in [0.05, 0.1) is 13.2 Å². The minimum atomic E-state index is -0.833. The summed E-state index contributed by atoms with van der Waals surface area (Å²) >= 11 is 0. The minimum absolute atomic E-state index is 0.153. The van der Waals surface area contributed by atoms with Crippen LogP contribution in [0.3, 0.4) is 0 Å². The Morgan fingerprint density at radius 1 is 1.40 bits per heavy atom. The van der Waals surface area contributed by atoms with E-state index in [1.54, 1.807) is 0 Å². The third-order valence-corrected chi connectivity index (χ3v) is 2.34. The van der Waals surface area contributed by atoms with Gasteiger partial charge in [-0.25, -0.2) is 0 Å². The average Bonchev–Trinajstić information content (AvgIpc) is 2.74. The molecule has 2 rings (SSSR count). The fourth-order valence-electron chi connectivity index (χ4n) is 1.67. The molecule has 0 unspecified atom stereocenters. The fraction of sp³-hybridized carbons (Fsp3) is 0.727. The molecule has 1 N–H and O–H groups in total. The van der Waals surface area contributed by atoms with Gasteiger partial charge in [-0.1, -0.05) is 6.92 Å². The zero-order valence-electron chi connectivity index (χ0n) is 9.44. The first-order valence-corrected chi connectivity index (χ1v) is 5.04. The molecule has 0 amide bonds. The summed E-state index contributed by atoms with van der Waals surface area (Å²) in [5.74, 6) is 0.586. The first-order valence-electron chi connectivity index (χ1n) is 5.04. The maximum absolute atomic E-state index is 9.00. The summed E-state index contributed by atoms with van der Waals surface area (Å²) in [6.45, 7) is 11.1. The first kappa shape index (κ1) is 14.1. The van der Waals surface area contributed by atoms with Gasteiger partial charge in [-0.2, -0.15) is 0 Å². The van der Waals surface area contributed by atoms with Crippen LogP contribution in [0, 0.1) is 11.8 Å². The molecule has 2 heterocycles. The predicted molar refractivity (Wildman–Crippen MR) is 57.5 cm³/mol. The highest BCUT2D eigenvalue weighted by Gasteiger charge is 2.38. The van der Waals surface area contributed by atoms with Gasteiger partial charge in [0.25, 0.3) is 5.97 Å². The van der Waals surface area contributed by atoms with Crippen LogP contribution in [0.25, 0.3) is 0 Å². The van der Waals surface area contributed by atoms with Crippen LogP contribution >= 0.6 is 0 Å². The van der Waals surface area contributed by atoms with Crippen molar-refractivity contribution < 1.29 is 19.4 Å². The van der Waals surface area contributed by atoms with Gasteiger partial charge in [0.15, 0.2) is 6.29 Å². The smallest absolute Gasteiger partial charge is 0.300 e. The zero-order chi connectivity index (χ0) is 11.8. The van der Waals surface area contributed by atoms with E-state index in [2.05, 4.69) is 20.1 Å². The summed E-state index contributed by atoms with van der Waals surface area (Å²) < 4.78 is 10.7. The molecule has 0 bridgehead atoms. The van der Waals surface area contributed by atoms with Crippen molar-refractivity contribution in [3.05, 3.63) is 13.2 Å². The van der Waals surface area contributed by atoms with Crippen molar-refractivity contribution in [3.8, 4) is 0 Å². The summed E-state index contributed by atoms with van der Waals surface area (Å²) in [4.78, 5) is 9.00. The molecule has 3 atom stereocenters. The van der Waals surface area contributed by atoms with Gasteiger partial charge in [-0.15, -0.1) is 13.2 Å². The summed E-state index contributed by atoms with van der Waals surface area (Å²) in [5, 5.41) is 7.42. The van der Waals surface area contributed by atoms with Crippen LogP contribution in [-0.2, 0) is 14.3 Å². The van der Waals surface area contributed by atoms with Crippen LogP contribution < -0.4 is 0 Å². The highest BCUT2D eigenvalue weighted by molar-refractivity contribution is 5.62. The Labute approximate surface area is 90.9 Å². The minimum Gasteiger partial charge on any atom is -0.481 e. The monoisotopic (exact) mass is 216 g/mol. The van der Waals surface area contributed by atoms with Gasteiger partial charge in [-0.3, -0.25) is 4.79 Å². The lowest BCUT2D eigenvalue weighted by Crippen LogP contribution is -2.12. The molecule has 2 fully saturated rings. The standard InChI is InChI=1S/C7H12O2.C2H4O2.C2H4/c1-5-4-9-7-6(5)2-3-8-7;1-2(3)4;1-2/h5-7H,2-4H2,1H3;1H3,(H,3,4);1-2H2/t5-,6-,7+;;/m0../s1. The van der Waals surface area contributed by atoms with Gasteiger partial charge >= 0.3 is 0 Å². The van der Waals surface area contributed by atoms with Crippen LogP contribution in [0.5, 0.6) is 0 Å². The summed E-state index contributed by atoms with van der Waals surface area (Å²) in [7, 11) is 0. The zero-order valence-corrected chi connectivity index (χ0v) is 9.44. The Kier molecular flexibility index (Phi) is 6.99. The van der Waals surface area contributed by atoms with Gasteiger partial charge in [0.1, 0.15) is 0 Å². The molecule has 88 valence electrons. The number of hydrogen-bond acceptors (Lipinski definition) is 3. The van der Waals surface area contributed by atoms with Gasteiger partial charge in [-0.05, 0) is 12.3 Å². The number of hydrogen-bond donors (Lipinski definition) is 1. The van der Waals surface area contributed by atoms with Gasteiger partial charge in [0, 0.05) is 12.8 Å². The molecule has 0 saturated carbocycles. The van der Waals surface area contributed by atoms with E-state index in [-0.39, 0.29) is 6.29 Å². The van der Waals surface area contributed by atoms with Crippen LogP contribution in [0.4, 0.5) is 0 Å². The molecular formula is C11H20O4. The fourth-order valence-corrected chi connectivity index (χ4v) is 1.67. The second-order valence-electron chi connectivity index (χ2n) is 3.52. The number of ether oxygens (including phenoxy) is 2. The van der Waals surface area contributed by atoms with E-state index in [1.807, 2.05) is 0 Å². The molecule has 0 aliphatic carbocycles. The van der Waals surface area contributed by atoms with Crippen molar-refractivity contribution in [2.24, 2.45) is 11.8 Å². The van der Waals surface area contributed by atoms with E-state index in [0.29, 0.717) is 5.92 Å². The van der Waals surface area contributed by atoms with Crippen molar-refractivity contribution >= 4 is 5.97 Å². The Hall–Kier alpha value is -0.870. The normalized spacial score (nSPS) is 31.7. The third kappa shape index (κ3) is 4.95. The van der Waals surface area contributed by atoms with E-state index in [9.17, 15) is 0 Å². The Bertz CT molecular complexity index is 189. The van der Waals surface area contributed by atoms with Crippen LogP contribution in [-0.4, -0.2) is 30.6 Å². The second kappa shape index (κ2) is 7.43. The molecule has 2 aliphatic heterocycles. The highest BCUT2D eigenvalue weighted by atomic mass is 16.7. The maximum Gasteiger partial charge on any atom is 0.300 e. The van der Waals surface area contributed by atoms with Crippen LogP contribution in [0.2, 0.25) is 0 Å². The second-order valence-corrected chi connectivity index (χ2v) is 3.52. The van der Waals surface area contributed by atoms with E-state index in [4.69, 9.17) is 19.4 Å². The molecule has 0 spiro atoms. The molecule has 2 aliphatic rings. The average molecular weight is 216 g/mol. The molecule has 0 radical (unpaired) electrons. The van der Waals surface area contributed by atoms with Crippen molar-refractivity contribution in [3.63, 3.8) is 0 Å².